The molecule has 2 rings (SSSR count). The summed E-state index contributed by atoms with van der Waals surface area (Å²) in [4.78, 5) is 10.9. The summed E-state index contributed by atoms with van der Waals surface area (Å²) in [7, 11) is 1.62. The van der Waals surface area contributed by atoms with Crippen molar-refractivity contribution in [3.8, 4) is 5.75 Å². The average molecular weight is 260 g/mol. The second kappa shape index (κ2) is 6.09. The van der Waals surface area contributed by atoms with Gasteiger partial charge in [0, 0.05) is 6.42 Å². The second-order valence-electron chi connectivity index (χ2n) is 4.27. The van der Waals surface area contributed by atoms with Crippen molar-refractivity contribution in [1.29, 1.82) is 0 Å². The van der Waals surface area contributed by atoms with Gasteiger partial charge in [-0.25, -0.2) is 0 Å². The van der Waals surface area contributed by atoms with Gasteiger partial charge in [-0.3, -0.25) is 4.79 Å². The van der Waals surface area contributed by atoms with Crippen molar-refractivity contribution >= 4 is 5.97 Å². The molecule has 19 heavy (non-hydrogen) atoms. The molecule has 1 N–H and O–H groups in total. The number of methoxy groups -OCH3 is 1. The third kappa shape index (κ3) is 3.61. The molecule has 1 unspecified atom stereocenters. The van der Waals surface area contributed by atoms with E-state index < -0.39 is 11.9 Å². The zero-order valence-corrected chi connectivity index (χ0v) is 10.7. The Kier molecular flexibility index (Phi) is 4.23. The number of allylic oxidation sites excluding steroid dienone is 1. The van der Waals surface area contributed by atoms with Crippen molar-refractivity contribution in [2.45, 2.75) is 13.0 Å². The first-order chi connectivity index (χ1) is 9.19. The Morgan fingerprint density at radius 3 is 2.74 bits per heavy atom. The molecular weight excluding hydrogens is 244 g/mol. The van der Waals surface area contributed by atoms with E-state index in [0.29, 0.717) is 18.8 Å². The lowest BCUT2D eigenvalue weighted by atomic mass is 10.0. The van der Waals surface area contributed by atoms with Gasteiger partial charge >= 0.3 is 5.97 Å². The molecule has 1 aliphatic rings. The lowest BCUT2D eigenvalue weighted by Crippen LogP contribution is -2.12. The number of aliphatic carboxylic acids is 1. The van der Waals surface area contributed by atoms with E-state index in [1.165, 1.54) is 0 Å². The molecule has 1 aliphatic carbocycles. The minimum Gasteiger partial charge on any atom is -0.497 e. The monoisotopic (exact) mass is 260 g/mol. The average Bonchev–Trinajstić information content (AvgIpc) is 2.46. The quantitative estimate of drug-likeness (QED) is 0.827. The molecule has 0 fully saturated rings. The van der Waals surface area contributed by atoms with Gasteiger partial charge in [0.2, 0.25) is 0 Å². The molecule has 0 saturated heterocycles. The number of hydrogen-bond acceptors (Lipinski definition) is 3. The molecular formula is C15H16O4. The highest BCUT2D eigenvalue weighted by molar-refractivity contribution is 5.74. The number of carboxylic acid groups (broad SMARTS) is 1. The van der Waals surface area contributed by atoms with Crippen LogP contribution >= 0.6 is 0 Å². The Labute approximate surface area is 112 Å². The summed E-state index contributed by atoms with van der Waals surface area (Å²) >= 11 is 0. The molecule has 1 aromatic carbocycles. The molecule has 0 radical (unpaired) electrons. The van der Waals surface area contributed by atoms with Gasteiger partial charge in [0.05, 0.1) is 18.8 Å². The third-order valence-corrected chi connectivity index (χ3v) is 2.90. The van der Waals surface area contributed by atoms with Crippen LogP contribution in [0.15, 0.2) is 48.3 Å². The van der Waals surface area contributed by atoms with E-state index in [2.05, 4.69) is 0 Å². The summed E-state index contributed by atoms with van der Waals surface area (Å²) in [5.74, 6) is 0.0568. The smallest absolute Gasteiger partial charge is 0.314 e. The van der Waals surface area contributed by atoms with E-state index in [0.717, 1.165) is 11.3 Å². The molecule has 0 saturated carbocycles. The van der Waals surface area contributed by atoms with Crippen LogP contribution in [0.3, 0.4) is 0 Å². The Morgan fingerprint density at radius 2 is 2.11 bits per heavy atom. The molecule has 100 valence electrons. The van der Waals surface area contributed by atoms with Gasteiger partial charge in [-0.15, -0.1) is 0 Å². The van der Waals surface area contributed by atoms with Crippen LogP contribution in [-0.4, -0.2) is 18.2 Å². The Balaban J connectivity index is 1.93. The maximum absolute atomic E-state index is 10.9. The van der Waals surface area contributed by atoms with Crippen LogP contribution in [0.4, 0.5) is 0 Å². The maximum Gasteiger partial charge on any atom is 0.314 e. The summed E-state index contributed by atoms with van der Waals surface area (Å²) < 4.78 is 10.7. The fraction of sp³-hybridized carbons (Fsp3) is 0.267. The van der Waals surface area contributed by atoms with Crippen LogP contribution < -0.4 is 4.74 Å². The SMILES string of the molecule is COc1ccc(COC2=CC(C(=O)O)C=CC2)cc1. The fourth-order valence-corrected chi connectivity index (χ4v) is 1.81. The topological polar surface area (TPSA) is 55.8 Å². The van der Waals surface area contributed by atoms with E-state index in [9.17, 15) is 4.79 Å². The molecule has 0 spiro atoms. The first-order valence-electron chi connectivity index (χ1n) is 6.05. The standard InChI is InChI=1S/C15H16O4/c1-18-13-7-5-11(6-8-13)10-19-14-4-2-3-12(9-14)15(16)17/h2-3,5-9,12H,4,10H2,1H3,(H,16,17). The molecule has 4 heteroatoms. The lowest BCUT2D eigenvalue weighted by molar-refractivity contribution is -0.138. The highest BCUT2D eigenvalue weighted by Gasteiger charge is 2.15. The highest BCUT2D eigenvalue weighted by atomic mass is 16.5. The number of benzene rings is 1. The normalized spacial score (nSPS) is 17.7. The van der Waals surface area contributed by atoms with Crippen molar-refractivity contribution < 1.29 is 19.4 Å². The Hall–Kier alpha value is -2.23. The van der Waals surface area contributed by atoms with E-state index >= 15 is 0 Å². The zero-order chi connectivity index (χ0) is 13.7. The van der Waals surface area contributed by atoms with Gasteiger partial charge in [0.25, 0.3) is 0 Å². The lowest BCUT2D eigenvalue weighted by Gasteiger charge is -2.14. The van der Waals surface area contributed by atoms with Crippen molar-refractivity contribution in [3.63, 3.8) is 0 Å². The molecule has 0 heterocycles. The summed E-state index contributed by atoms with van der Waals surface area (Å²) in [5.41, 5.74) is 1.02. The van der Waals surface area contributed by atoms with Crippen molar-refractivity contribution in [1.82, 2.24) is 0 Å². The van der Waals surface area contributed by atoms with Gasteiger partial charge in [0.15, 0.2) is 0 Å². The van der Waals surface area contributed by atoms with E-state index in [1.807, 2.05) is 30.3 Å². The number of ether oxygens (including phenoxy) is 2. The van der Waals surface area contributed by atoms with Gasteiger partial charge in [-0.1, -0.05) is 24.3 Å². The third-order valence-electron chi connectivity index (χ3n) is 2.90. The maximum atomic E-state index is 10.9. The summed E-state index contributed by atoms with van der Waals surface area (Å²) in [6.07, 6.45) is 5.77. The second-order valence-corrected chi connectivity index (χ2v) is 4.27. The molecule has 0 aromatic heterocycles. The molecule has 1 atom stereocenters. The largest absolute Gasteiger partial charge is 0.497 e. The predicted octanol–water partition coefficient (Wildman–Crippen LogP) is 2.76. The van der Waals surface area contributed by atoms with E-state index in [1.54, 1.807) is 19.3 Å². The van der Waals surface area contributed by atoms with Crippen LogP contribution in [0.1, 0.15) is 12.0 Å². The Bertz CT molecular complexity index is 499. The van der Waals surface area contributed by atoms with Crippen LogP contribution in [-0.2, 0) is 16.1 Å². The van der Waals surface area contributed by atoms with Crippen LogP contribution in [0, 0.1) is 5.92 Å². The van der Waals surface area contributed by atoms with Gasteiger partial charge in [0.1, 0.15) is 12.4 Å². The molecule has 0 aliphatic heterocycles. The van der Waals surface area contributed by atoms with Crippen LogP contribution in [0.2, 0.25) is 0 Å². The number of carboxylic acids is 1. The van der Waals surface area contributed by atoms with Crippen molar-refractivity contribution in [2.24, 2.45) is 5.92 Å². The van der Waals surface area contributed by atoms with E-state index in [4.69, 9.17) is 14.6 Å². The predicted molar refractivity (Wildman–Crippen MR) is 70.7 cm³/mol. The van der Waals surface area contributed by atoms with Gasteiger partial charge in [-0.05, 0) is 23.8 Å². The molecule has 0 bridgehead atoms. The zero-order valence-electron chi connectivity index (χ0n) is 10.7. The fourth-order valence-electron chi connectivity index (χ4n) is 1.81. The van der Waals surface area contributed by atoms with Crippen molar-refractivity contribution in [2.75, 3.05) is 7.11 Å². The first-order valence-corrected chi connectivity index (χ1v) is 6.05. The van der Waals surface area contributed by atoms with Crippen LogP contribution in [0.25, 0.3) is 0 Å². The van der Waals surface area contributed by atoms with Crippen molar-refractivity contribution in [3.05, 3.63) is 53.8 Å². The molecule has 0 amide bonds. The number of hydrogen-bond donors (Lipinski definition) is 1. The van der Waals surface area contributed by atoms with Gasteiger partial charge in [-0.2, -0.15) is 0 Å². The van der Waals surface area contributed by atoms with Gasteiger partial charge < -0.3 is 14.6 Å². The highest BCUT2D eigenvalue weighted by Crippen LogP contribution is 2.20. The minimum atomic E-state index is -0.860. The minimum absolute atomic E-state index is 0.427. The summed E-state index contributed by atoms with van der Waals surface area (Å²) in [6, 6.07) is 7.58. The first kappa shape index (κ1) is 13.2. The molecule has 4 nitrogen and oxygen atoms in total. The summed E-state index contributed by atoms with van der Waals surface area (Å²) in [6.45, 7) is 0.427. The Morgan fingerprint density at radius 1 is 1.37 bits per heavy atom. The van der Waals surface area contributed by atoms with Crippen LogP contribution in [0.5, 0.6) is 5.75 Å². The van der Waals surface area contributed by atoms with E-state index in [-0.39, 0.29) is 0 Å². The summed E-state index contributed by atoms with van der Waals surface area (Å²) in [5, 5.41) is 8.93. The molecule has 1 aromatic rings. The number of rotatable bonds is 5. The number of carbonyl (C=O) groups is 1.